The largest absolute Gasteiger partial charge is 0.368 e. The predicted octanol–water partition coefficient (Wildman–Crippen LogP) is 1.74. The maximum absolute atomic E-state index is 11.9. The molecule has 1 aromatic rings. The first-order valence-electron chi connectivity index (χ1n) is 7.90. The lowest BCUT2D eigenvalue weighted by atomic mass is 10.1. The second-order valence-corrected chi connectivity index (χ2v) is 5.92. The second kappa shape index (κ2) is 8.62. The average molecular weight is 339 g/mol. The van der Waals surface area contributed by atoms with Crippen molar-refractivity contribution >= 4 is 29.2 Å². The number of rotatable bonds is 5. The summed E-state index contributed by atoms with van der Waals surface area (Å²) in [6.07, 6.45) is 1.89. The fourth-order valence-corrected chi connectivity index (χ4v) is 2.93. The zero-order valence-electron chi connectivity index (χ0n) is 13.3. The molecule has 0 radical (unpaired) electrons. The van der Waals surface area contributed by atoms with E-state index in [1.807, 2.05) is 31.2 Å². The molecule has 2 rings (SSSR count). The number of nitrogens with one attached hydrogen (secondary N) is 3. The summed E-state index contributed by atoms with van der Waals surface area (Å²) >= 11 is 6.24. The van der Waals surface area contributed by atoms with Crippen LogP contribution in [0.4, 0.5) is 10.5 Å². The minimum absolute atomic E-state index is 0.0133. The SMILES string of the molecule is CCNC(=O)CNC(=O)N[C@H]1CCCN(c2ccccc2Cl)C1. The van der Waals surface area contributed by atoms with Gasteiger partial charge in [-0.15, -0.1) is 0 Å². The van der Waals surface area contributed by atoms with E-state index in [0.29, 0.717) is 18.1 Å². The molecular weight excluding hydrogens is 316 g/mol. The van der Waals surface area contributed by atoms with Crippen molar-refractivity contribution in [2.75, 3.05) is 31.1 Å². The lowest BCUT2D eigenvalue weighted by Crippen LogP contribution is -2.51. The van der Waals surface area contributed by atoms with Gasteiger partial charge >= 0.3 is 6.03 Å². The minimum atomic E-state index is -0.317. The average Bonchev–Trinajstić information content (AvgIpc) is 2.54. The van der Waals surface area contributed by atoms with Crippen LogP contribution in [0.1, 0.15) is 19.8 Å². The molecule has 0 aromatic heterocycles. The molecule has 3 N–H and O–H groups in total. The maximum atomic E-state index is 11.9. The van der Waals surface area contributed by atoms with E-state index in [0.717, 1.165) is 25.1 Å². The highest BCUT2D eigenvalue weighted by Crippen LogP contribution is 2.27. The molecular formula is C16H23ClN4O2. The summed E-state index contributed by atoms with van der Waals surface area (Å²) in [6, 6.07) is 7.43. The third-order valence-corrected chi connectivity index (χ3v) is 4.05. The molecule has 1 aliphatic rings. The first kappa shape index (κ1) is 17.4. The summed E-state index contributed by atoms with van der Waals surface area (Å²) in [4.78, 5) is 25.4. The van der Waals surface area contributed by atoms with Gasteiger partial charge in [0, 0.05) is 25.7 Å². The Morgan fingerprint density at radius 3 is 2.83 bits per heavy atom. The molecule has 0 bridgehead atoms. The molecule has 1 heterocycles. The van der Waals surface area contributed by atoms with Gasteiger partial charge in [-0.1, -0.05) is 23.7 Å². The first-order chi connectivity index (χ1) is 11.1. The van der Waals surface area contributed by atoms with Crippen LogP contribution < -0.4 is 20.9 Å². The standard InChI is InChI=1S/C16H23ClN4O2/c1-2-18-15(22)10-19-16(23)20-12-6-5-9-21(11-12)14-8-4-3-7-13(14)17/h3-4,7-8,12H,2,5-6,9-11H2,1H3,(H,18,22)(H2,19,20,23)/t12-/m0/s1. The molecule has 126 valence electrons. The molecule has 1 saturated heterocycles. The fraction of sp³-hybridized carbons (Fsp3) is 0.500. The van der Waals surface area contributed by atoms with E-state index in [-0.39, 0.29) is 24.5 Å². The lowest BCUT2D eigenvalue weighted by Gasteiger charge is -2.35. The quantitative estimate of drug-likeness (QED) is 0.765. The summed E-state index contributed by atoms with van der Waals surface area (Å²) in [5, 5.41) is 8.85. The first-order valence-corrected chi connectivity index (χ1v) is 8.28. The van der Waals surface area contributed by atoms with Crippen LogP contribution in [0.5, 0.6) is 0 Å². The third kappa shape index (κ3) is 5.32. The van der Waals surface area contributed by atoms with Crippen molar-refractivity contribution in [3.05, 3.63) is 29.3 Å². The van der Waals surface area contributed by atoms with Crippen LogP contribution in [0.15, 0.2) is 24.3 Å². The number of benzene rings is 1. The number of urea groups is 1. The summed E-state index contributed by atoms with van der Waals surface area (Å²) in [5.41, 5.74) is 0.989. The Labute approximate surface area is 141 Å². The highest BCUT2D eigenvalue weighted by atomic mass is 35.5. The van der Waals surface area contributed by atoms with Crippen LogP contribution in [0.2, 0.25) is 5.02 Å². The van der Waals surface area contributed by atoms with Gasteiger partial charge in [0.1, 0.15) is 0 Å². The van der Waals surface area contributed by atoms with Gasteiger partial charge in [0.2, 0.25) is 5.91 Å². The number of amides is 3. The number of piperidine rings is 1. The number of hydrogen-bond donors (Lipinski definition) is 3. The number of para-hydroxylation sites is 1. The highest BCUT2D eigenvalue weighted by Gasteiger charge is 2.22. The fourth-order valence-electron chi connectivity index (χ4n) is 2.68. The highest BCUT2D eigenvalue weighted by molar-refractivity contribution is 6.33. The molecule has 23 heavy (non-hydrogen) atoms. The van der Waals surface area contributed by atoms with E-state index in [1.54, 1.807) is 0 Å². The van der Waals surface area contributed by atoms with Crippen molar-refractivity contribution in [1.29, 1.82) is 0 Å². The van der Waals surface area contributed by atoms with E-state index >= 15 is 0 Å². The van der Waals surface area contributed by atoms with Crippen molar-refractivity contribution < 1.29 is 9.59 Å². The van der Waals surface area contributed by atoms with Gasteiger partial charge < -0.3 is 20.9 Å². The van der Waals surface area contributed by atoms with Gasteiger partial charge in [-0.3, -0.25) is 4.79 Å². The number of halogens is 1. The topological polar surface area (TPSA) is 73.5 Å². The molecule has 6 nitrogen and oxygen atoms in total. The molecule has 7 heteroatoms. The molecule has 1 aromatic carbocycles. The van der Waals surface area contributed by atoms with Gasteiger partial charge in [0.05, 0.1) is 17.3 Å². The number of likely N-dealkylation sites (N-methyl/N-ethyl adjacent to an activating group) is 1. The molecule has 1 aliphatic heterocycles. The monoisotopic (exact) mass is 338 g/mol. The van der Waals surface area contributed by atoms with Crippen LogP contribution in [0, 0.1) is 0 Å². The third-order valence-electron chi connectivity index (χ3n) is 3.73. The maximum Gasteiger partial charge on any atom is 0.315 e. The molecule has 0 saturated carbocycles. The van der Waals surface area contributed by atoms with Crippen molar-refractivity contribution in [3.63, 3.8) is 0 Å². The van der Waals surface area contributed by atoms with Gasteiger partial charge in [0.15, 0.2) is 0 Å². The van der Waals surface area contributed by atoms with Crippen LogP contribution in [0.25, 0.3) is 0 Å². The van der Waals surface area contributed by atoms with Gasteiger partial charge in [-0.05, 0) is 31.9 Å². The molecule has 0 spiro atoms. The Morgan fingerprint density at radius 2 is 2.09 bits per heavy atom. The number of carbonyl (C=O) groups excluding carboxylic acids is 2. The molecule has 3 amide bonds. The van der Waals surface area contributed by atoms with Crippen LogP contribution in [-0.4, -0.2) is 44.2 Å². The minimum Gasteiger partial charge on any atom is -0.368 e. The summed E-state index contributed by atoms with van der Waals surface area (Å²) in [7, 11) is 0. The zero-order chi connectivity index (χ0) is 16.7. The molecule has 1 atom stereocenters. The van der Waals surface area contributed by atoms with Crippen LogP contribution in [0.3, 0.4) is 0 Å². The van der Waals surface area contributed by atoms with E-state index < -0.39 is 0 Å². The number of carbonyl (C=O) groups is 2. The number of hydrogen-bond acceptors (Lipinski definition) is 3. The smallest absolute Gasteiger partial charge is 0.315 e. The van der Waals surface area contributed by atoms with E-state index in [2.05, 4.69) is 20.9 Å². The normalized spacial score (nSPS) is 17.5. The van der Waals surface area contributed by atoms with Gasteiger partial charge in [-0.2, -0.15) is 0 Å². The summed E-state index contributed by atoms with van der Waals surface area (Å²) in [6.45, 7) is 4.00. The van der Waals surface area contributed by atoms with Crippen molar-refractivity contribution in [3.8, 4) is 0 Å². The molecule has 0 aliphatic carbocycles. The zero-order valence-corrected chi connectivity index (χ0v) is 14.0. The Kier molecular flexibility index (Phi) is 6.52. The van der Waals surface area contributed by atoms with Crippen LogP contribution >= 0.6 is 11.6 Å². The second-order valence-electron chi connectivity index (χ2n) is 5.52. The summed E-state index contributed by atoms with van der Waals surface area (Å²) < 4.78 is 0. The van der Waals surface area contributed by atoms with E-state index in [1.165, 1.54) is 0 Å². The lowest BCUT2D eigenvalue weighted by molar-refractivity contribution is -0.119. The van der Waals surface area contributed by atoms with Gasteiger partial charge in [-0.25, -0.2) is 4.79 Å². The Balaban J connectivity index is 1.83. The van der Waals surface area contributed by atoms with Crippen LogP contribution in [-0.2, 0) is 4.79 Å². The summed E-state index contributed by atoms with van der Waals surface area (Å²) in [5.74, 6) is -0.191. The van der Waals surface area contributed by atoms with Crippen molar-refractivity contribution in [1.82, 2.24) is 16.0 Å². The number of nitrogens with zero attached hydrogens (tertiary/aromatic N) is 1. The van der Waals surface area contributed by atoms with Gasteiger partial charge in [0.25, 0.3) is 0 Å². The number of anilines is 1. The predicted molar refractivity (Wildman–Crippen MR) is 91.9 cm³/mol. The molecule has 1 fully saturated rings. The van der Waals surface area contributed by atoms with E-state index in [9.17, 15) is 9.59 Å². The van der Waals surface area contributed by atoms with Crippen molar-refractivity contribution in [2.45, 2.75) is 25.8 Å². The van der Waals surface area contributed by atoms with Crippen molar-refractivity contribution in [2.24, 2.45) is 0 Å². The Hall–Kier alpha value is -1.95. The van der Waals surface area contributed by atoms with E-state index in [4.69, 9.17) is 11.6 Å². The Morgan fingerprint density at radius 1 is 1.30 bits per heavy atom. The molecule has 0 unspecified atom stereocenters. The Bertz CT molecular complexity index is 553.